The number of hydrogen-bond acceptors (Lipinski definition) is 50. The van der Waals surface area contributed by atoms with Crippen LogP contribution in [0.1, 0.15) is 0 Å². The normalized spacial score (nSPS) is 20.5. The molecule has 0 aromatic heterocycles. The highest BCUT2D eigenvalue weighted by molar-refractivity contribution is 7.51. The van der Waals surface area contributed by atoms with E-state index in [-0.39, 0.29) is 0 Å². The van der Waals surface area contributed by atoms with Crippen LogP contribution in [0.2, 0.25) is 0 Å². The van der Waals surface area contributed by atoms with E-state index in [0.29, 0.717) is 0 Å². The first kappa shape index (κ1) is 127. The molecule has 0 aliphatic heterocycles. The van der Waals surface area contributed by atoms with Gasteiger partial charge in [-0.15, -0.1) is 22.4 Å². The Labute approximate surface area is 708 Å². The molecule has 0 aromatic carbocycles. The van der Waals surface area contributed by atoms with Crippen LogP contribution in [0.25, 0.3) is 0 Å². The summed E-state index contributed by atoms with van der Waals surface area (Å²) in [5.41, 5.74) is 5.70. The summed E-state index contributed by atoms with van der Waals surface area (Å²) in [5, 5.41) is 9.07. The van der Waals surface area contributed by atoms with Gasteiger partial charge in [0.1, 0.15) is 0 Å². The predicted octanol–water partition coefficient (Wildman–Crippen LogP) is 1.41. The third kappa shape index (κ3) is 73.3. The van der Waals surface area contributed by atoms with Crippen LogP contribution < -0.4 is 27.7 Å². The molecule has 0 aromatic rings. The Morgan fingerprint density at radius 1 is 0.167 bits per heavy atom. The molecule has 19 atom stereocenters. The van der Waals surface area contributed by atoms with Crippen molar-refractivity contribution in [1.82, 2.24) is 27.7 Å². The first-order valence-electron chi connectivity index (χ1n) is 33.8. The lowest BCUT2D eigenvalue weighted by Gasteiger charge is -2.21. The van der Waals surface area contributed by atoms with Crippen LogP contribution in [-0.4, -0.2) is 314 Å². The average Bonchev–Trinajstić information content (AvgIpc) is 0.906. The molecule has 0 heterocycles. The Balaban J connectivity index is 4.63. The lowest BCUT2D eigenvalue weighted by molar-refractivity contribution is 0.0607. The fourth-order valence-corrected chi connectivity index (χ4v) is 17.5. The number of phosphoric ester groups is 15. The third-order valence-corrected chi connectivity index (χ3v) is 26.7. The van der Waals surface area contributed by atoms with Crippen LogP contribution in [0.4, 0.5) is 22.4 Å². The second kappa shape index (κ2) is 64.3. The summed E-state index contributed by atoms with van der Waals surface area (Å²) in [5.74, 6) is -6.41. The molecular weight excluding hydrogens is 2090 g/mol. The summed E-state index contributed by atoms with van der Waals surface area (Å²) < 4.78 is 377. The first-order chi connectivity index (χ1) is 58.1. The highest BCUT2D eigenvalue weighted by Crippen LogP contribution is 2.54. The number of aliphatic hydroxyl groups is 1. The minimum Gasteiger partial charge on any atom is -0.396 e. The molecule has 0 bridgehead atoms. The summed E-state index contributed by atoms with van der Waals surface area (Å²) in [4.78, 5) is 155. The van der Waals surface area contributed by atoms with Gasteiger partial charge in [-0.3, -0.25) is 131 Å². The molecule has 0 fully saturated rings. The summed E-state index contributed by atoms with van der Waals surface area (Å²) in [6.45, 7) is -32.0. The summed E-state index contributed by atoms with van der Waals surface area (Å²) in [6, 6.07) is 0. The van der Waals surface area contributed by atoms with Crippen LogP contribution in [-0.2, 0) is 200 Å². The summed E-state index contributed by atoms with van der Waals surface area (Å²) >= 11 is 0. The van der Waals surface area contributed by atoms with E-state index in [4.69, 9.17) is 14.9 Å². The topological polar surface area (TPSA) is 928 Å². The lowest BCUT2D eigenvalue weighted by atomic mass is 10.2. The monoisotopic (exact) mass is 2180 g/mol. The molecule has 66 nitrogen and oxygen atoms in total. The zero-order chi connectivity index (χ0) is 96.2. The summed E-state index contributed by atoms with van der Waals surface area (Å²) in [6.07, 6.45) is 0. The number of nitrogens with one attached hydrogen (secondary N) is 5. The zero-order valence-electron chi connectivity index (χ0n) is 64.3. The average molecular weight is 2180 g/mol. The number of halogens is 5. The second-order valence-electron chi connectivity index (χ2n) is 22.6. The second-order valence-corrected chi connectivity index (χ2v) is 44.2. The number of hydrogen-bond donors (Lipinski definition) is 22. The Hall–Kier alpha value is 1.06. The fourth-order valence-electron chi connectivity index (χ4n) is 6.76. The van der Waals surface area contributed by atoms with E-state index < -0.39 is 378 Å². The van der Waals surface area contributed by atoms with Gasteiger partial charge in [0.15, 0.2) is 0 Å². The molecule has 0 radical (unpaired) electrons. The molecule has 0 aliphatic rings. The molecule has 0 saturated heterocycles. The minimum absolute atomic E-state index is 0.451. The largest absolute Gasteiger partial charge is 0.472 e. The number of phosphoric acid groups is 15. The maximum atomic E-state index is 13.1. The molecular formula is C40H97F5N5O61P15. The molecule has 0 aliphatic carbocycles. The quantitative estimate of drug-likeness (QED) is 0.0177. The Bertz CT molecular complexity index is 3810. The van der Waals surface area contributed by atoms with Crippen molar-refractivity contribution in [2.75, 3.05) is 231 Å². The molecule has 0 rings (SSSR count). The molecule has 22 N–H and O–H groups in total. The smallest absolute Gasteiger partial charge is 0.396 e. The van der Waals surface area contributed by atoms with Crippen molar-refractivity contribution in [3.8, 4) is 0 Å². The van der Waals surface area contributed by atoms with Gasteiger partial charge < -0.3 is 83.4 Å². The molecule has 0 saturated carbocycles. The van der Waals surface area contributed by atoms with Crippen molar-refractivity contribution in [3.63, 3.8) is 0 Å². The van der Waals surface area contributed by atoms with Crippen molar-refractivity contribution in [1.29, 1.82) is 0 Å². The van der Waals surface area contributed by atoms with Gasteiger partial charge in [-0.05, 0) is 0 Å². The van der Waals surface area contributed by atoms with E-state index >= 15 is 0 Å². The van der Waals surface area contributed by atoms with E-state index in [9.17, 15) is 159 Å². The Kier molecular flexibility index (Phi) is 64.9. The predicted molar refractivity (Wildman–Crippen MR) is 392 cm³/mol. The molecule has 0 amide bonds. The molecule has 86 heteroatoms. The molecule has 126 heavy (non-hydrogen) atoms. The summed E-state index contributed by atoms with van der Waals surface area (Å²) in [7, 11) is -76.1. The van der Waals surface area contributed by atoms with E-state index in [1.165, 1.54) is 5.54 Å². The standard InChI is InChI=1S/C40H97F5N5O61P15/c41-46-21-36(26-51)27-104-119(67,68)95-15-16-98-122(73,74)107-32-39(24-49-44)33-109-124(77,78)100-19-20-102-126(81,82)111-35-40(25-50-45)34-110-125(79,80)101-18-17-99-123(75,76)108-31-38(23-48-43)30-106-121(71,72)97-14-12-94-118(65,66)92-10-8-90-116(61,62)88-6-4-86-114(57,58)84-2-1-83-113(55,56)85-3-5-87-115(59,60)89-7-9-91-117(63,64)93-11-13-96-120(69,70)105-29-37(22-47-42)28-103-112(52,53)54/h36-40,46-51H,1-35H2,(H,55,56)(H,57,58)(H,59,60)(H,61,62)(H,63,64)(H,65,66)(H,67,68)(H,69,70)(H,71,72)(H,73,74)(H,75,76)(H,77,78)(H,79,80)(H,81,82)(H2,52,53,54). The maximum Gasteiger partial charge on any atom is 0.472 e. The van der Waals surface area contributed by atoms with Gasteiger partial charge >= 0.3 is 117 Å². The van der Waals surface area contributed by atoms with Crippen LogP contribution in [0.3, 0.4) is 0 Å². The van der Waals surface area contributed by atoms with Crippen LogP contribution in [0, 0.1) is 29.6 Å². The SMILES string of the molecule is O=P(O)(O)OCC(CNF)COP(=O)(O)OCCOP(=O)(O)OCCOP(=O)(O)OCCOP(=O)(O)OCCOP(=O)(O)OCCOP(=O)(O)OCCOP(=O)(O)OCCOP(=O)(O)OCC(CNF)COP(=O)(O)OCCOP(=O)(O)OCC(CNF)COP(=O)(O)OCCOP(=O)(O)OCC(CNF)COP(=O)(O)OCCOP(=O)(O)OCC(CO)CNF. The first-order valence-corrected chi connectivity index (χ1v) is 56.2. The molecule has 0 spiro atoms. The Morgan fingerprint density at radius 2 is 0.262 bits per heavy atom. The van der Waals surface area contributed by atoms with Crippen molar-refractivity contribution in [3.05, 3.63) is 0 Å². The minimum atomic E-state index is -5.21. The van der Waals surface area contributed by atoms with Gasteiger partial charge in [0.2, 0.25) is 0 Å². The van der Waals surface area contributed by atoms with Crippen LogP contribution >= 0.6 is 117 Å². The lowest BCUT2D eigenvalue weighted by Crippen LogP contribution is -2.25. The van der Waals surface area contributed by atoms with Crippen molar-refractivity contribution >= 4 is 117 Å². The maximum absolute atomic E-state index is 13.1. The van der Waals surface area contributed by atoms with Gasteiger partial charge in [-0.25, -0.2) is 68.5 Å². The molecule has 19 unspecified atom stereocenters. The van der Waals surface area contributed by atoms with E-state index in [1.807, 2.05) is 0 Å². The van der Waals surface area contributed by atoms with Crippen LogP contribution in [0.5, 0.6) is 0 Å². The van der Waals surface area contributed by atoms with Crippen molar-refractivity contribution < 1.29 is 305 Å². The van der Waals surface area contributed by atoms with E-state index in [0.717, 1.165) is 22.2 Å². The van der Waals surface area contributed by atoms with Crippen LogP contribution in [0.15, 0.2) is 0 Å². The van der Waals surface area contributed by atoms with Gasteiger partial charge in [0, 0.05) is 68.9 Å². The van der Waals surface area contributed by atoms with Gasteiger partial charge in [0.05, 0.1) is 192 Å². The van der Waals surface area contributed by atoms with Crippen molar-refractivity contribution in [2.24, 2.45) is 29.6 Å². The number of aliphatic hydroxyl groups excluding tert-OH is 1. The van der Waals surface area contributed by atoms with E-state index in [2.05, 4.69) is 131 Å². The van der Waals surface area contributed by atoms with Gasteiger partial charge in [0.25, 0.3) is 0 Å². The van der Waals surface area contributed by atoms with Gasteiger partial charge in [-0.2, -0.15) is 27.7 Å². The third-order valence-electron chi connectivity index (χ3n) is 12.3. The fraction of sp³-hybridized carbons (Fsp3) is 1.00. The molecule has 758 valence electrons. The number of rotatable bonds is 88. The van der Waals surface area contributed by atoms with Gasteiger partial charge in [-0.1, -0.05) is 0 Å². The Morgan fingerprint density at radius 3 is 0.365 bits per heavy atom. The highest BCUT2D eigenvalue weighted by atomic mass is 31.2. The van der Waals surface area contributed by atoms with Crippen molar-refractivity contribution in [2.45, 2.75) is 0 Å². The highest BCUT2D eigenvalue weighted by Gasteiger charge is 2.37. The van der Waals surface area contributed by atoms with E-state index in [1.54, 1.807) is 0 Å². The zero-order valence-corrected chi connectivity index (χ0v) is 77.7.